The van der Waals surface area contributed by atoms with Gasteiger partial charge in [0.05, 0.1) is 17.5 Å². The van der Waals surface area contributed by atoms with Crippen LogP contribution in [0.3, 0.4) is 0 Å². The van der Waals surface area contributed by atoms with Gasteiger partial charge in [0, 0.05) is 34.1 Å². The van der Waals surface area contributed by atoms with E-state index in [1.807, 2.05) is 23.1 Å². The molecule has 1 N–H and O–H groups in total. The molecule has 4 nitrogen and oxygen atoms in total. The van der Waals surface area contributed by atoms with Crippen LogP contribution in [0.2, 0.25) is 15.1 Å². The molecule has 1 aromatic heterocycles. The average molecular weight is 423 g/mol. The molecule has 140 valence electrons. The van der Waals surface area contributed by atoms with Gasteiger partial charge in [-0.05, 0) is 54.8 Å². The topological polar surface area (TPSA) is 49.0 Å². The molecular weight excluding hydrogens is 405 g/mol. The smallest absolute Gasteiger partial charge is 0.227 e. The highest BCUT2D eigenvalue weighted by Gasteiger charge is 2.27. The maximum absolute atomic E-state index is 12.8. The van der Waals surface area contributed by atoms with E-state index in [2.05, 4.69) is 4.98 Å². The predicted octanol–water partition coefficient (Wildman–Crippen LogP) is 5.47. The van der Waals surface area contributed by atoms with Crippen molar-refractivity contribution in [1.82, 2.24) is 14.9 Å². The zero-order valence-electron chi connectivity index (χ0n) is 14.5. The molecule has 1 aliphatic heterocycles. The molecule has 4 rings (SSSR count). The summed E-state index contributed by atoms with van der Waals surface area (Å²) >= 11 is 18.1. The Hall–Kier alpha value is -1.75. The van der Waals surface area contributed by atoms with Crippen molar-refractivity contribution in [1.29, 1.82) is 0 Å². The molecule has 1 saturated heterocycles. The van der Waals surface area contributed by atoms with Crippen molar-refractivity contribution < 1.29 is 4.79 Å². The Balaban J connectivity index is 1.48. The lowest BCUT2D eigenvalue weighted by atomic mass is 9.96. The van der Waals surface area contributed by atoms with E-state index in [4.69, 9.17) is 39.8 Å². The summed E-state index contributed by atoms with van der Waals surface area (Å²) < 4.78 is 0. The predicted molar refractivity (Wildman–Crippen MR) is 110 cm³/mol. The van der Waals surface area contributed by atoms with Gasteiger partial charge in [-0.1, -0.05) is 34.8 Å². The van der Waals surface area contributed by atoms with Crippen molar-refractivity contribution in [2.75, 3.05) is 13.1 Å². The first kappa shape index (κ1) is 18.6. The molecule has 2 aromatic carbocycles. The van der Waals surface area contributed by atoms with Crippen molar-refractivity contribution >= 4 is 51.7 Å². The van der Waals surface area contributed by atoms with Crippen molar-refractivity contribution in [3.63, 3.8) is 0 Å². The molecule has 1 fully saturated rings. The number of halogens is 3. The highest BCUT2D eigenvalue weighted by molar-refractivity contribution is 6.34. The van der Waals surface area contributed by atoms with E-state index in [0.29, 0.717) is 28.0 Å². The fraction of sp³-hybridized carbons (Fsp3) is 0.300. The number of nitrogens with zero attached hydrogens (tertiary/aromatic N) is 2. The van der Waals surface area contributed by atoms with Crippen molar-refractivity contribution in [3.8, 4) is 0 Å². The van der Waals surface area contributed by atoms with Gasteiger partial charge in [0.2, 0.25) is 5.91 Å². The minimum absolute atomic E-state index is 0.0807. The third-order valence-corrected chi connectivity index (χ3v) is 5.57. The Morgan fingerprint density at radius 3 is 2.67 bits per heavy atom. The number of carbonyl (C=O) groups is 1. The number of piperidine rings is 1. The summed E-state index contributed by atoms with van der Waals surface area (Å²) in [5, 5.41) is 1.77. The van der Waals surface area contributed by atoms with E-state index >= 15 is 0 Å². The number of aromatic nitrogens is 2. The lowest BCUT2D eigenvalue weighted by Gasteiger charge is -2.32. The number of hydrogen-bond donors (Lipinski definition) is 1. The van der Waals surface area contributed by atoms with E-state index in [1.54, 1.807) is 18.2 Å². The second-order valence-electron chi connectivity index (χ2n) is 6.92. The zero-order valence-corrected chi connectivity index (χ0v) is 16.8. The lowest BCUT2D eigenvalue weighted by molar-refractivity contribution is -0.131. The van der Waals surface area contributed by atoms with Gasteiger partial charge in [0.15, 0.2) is 0 Å². The molecule has 3 aromatic rings. The van der Waals surface area contributed by atoms with E-state index < -0.39 is 0 Å². The highest BCUT2D eigenvalue weighted by Crippen LogP contribution is 2.28. The van der Waals surface area contributed by atoms with Crippen LogP contribution in [0.5, 0.6) is 0 Å². The van der Waals surface area contributed by atoms with Gasteiger partial charge in [-0.15, -0.1) is 0 Å². The number of H-pyrrole nitrogens is 1. The molecule has 0 bridgehead atoms. The Labute approximate surface area is 172 Å². The van der Waals surface area contributed by atoms with Crippen LogP contribution in [0, 0.1) is 0 Å². The number of benzene rings is 2. The maximum Gasteiger partial charge on any atom is 0.227 e. The Morgan fingerprint density at radius 2 is 1.89 bits per heavy atom. The second-order valence-corrected chi connectivity index (χ2v) is 8.23. The molecule has 1 atom stereocenters. The minimum atomic E-state index is 0.0807. The number of carbonyl (C=O) groups excluding carboxylic acids is 1. The van der Waals surface area contributed by atoms with Crippen LogP contribution in [0.15, 0.2) is 36.4 Å². The number of amides is 1. The van der Waals surface area contributed by atoms with Gasteiger partial charge >= 0.3 is 0 Å². The monoisotopic (exact) mass is 421 g/mol. The van der Waals surface area contributed by atoms with Gasteiger partial charge in [-0.3, -0.25) is 4.79 Å². The first-order chi connectivity index (χ1) is 13.0. The average Bonchev–Trinajstić information content (AvgIpc) is 3.04. The van der Waals surface area contributed by atoms with E-state index in [1.165, 1.54) is 0 Å². The SMILES string of the molecule is O=C(Cc1cc(Cl)cc(Cl)c1)N1CCC[C@@H](c2nc3ccc(Cl)cc3[nH]2)C1. The van der Waals surface area contributed by atoms with Crippen LogP contribution in [0.4, 0.5) is 0 Å². The highest BCUT2D eigenvalue weighted by atomic mass is 35.5. The second kappa shape index (κ2) is 7.70. The third-order valence-electron chi connectivity index (χ3n) is 4.90. The van der Waals surface area contributed by atoms with Crippen molar-refractivity contribution in [2.24, 2.45) is 0 Å². The minimum Gasteiger partial charge on any atom is -0.342 e. The molecule has 0 radical (unpaired) electrons. The van der Waals surface area contributed by atoms with E-state index in [-0.39, 0.29) is 11.8 Å². The number of hydrogen-bond acceptors (Lipinski definition) is 2. The molecule has 1 aliphatic rings. The van der Waals surface area contributed by atoms with Crippen LogP contribution < -0.4 is 0 Å². The quantitative estimate of drug-likeness (QED) is 0.608. The molecule has 0 saturated carbocycles. The Kier molecular flexibility index (Phi) is 5.31. The van der Waals surface area contributed by atoms with Crippen molar-refractivity contribution in [3.05, 3.63) is 62.9 Å². The molecule has 7 heteroatoms. The molecule has 0 unspecified atom stereocenters. The summed E-state index contributed by atoms with van der Waals surface area (Å²) in [5.74, 6) is 1.18. The summed E-state index contributed by atoms with van der Waals surface area (Å²) in [5.41, 5.74) is 2.65. The van der Waals surface area contributed by atoms with E-state index in [0.717, 1.165) is 41.8 Å². The number of aromatic amines is 1. The van der Waals surface area contributed by atoms with Gasteiger partial charge in [-0.2, -0.15) is 0 Å². The Bertz CT molecular complexity index is 981. The number of rotatable bonds is 3. The molecule has 2 heterocycles. The van der Waals surface area contributed by atoms with Gasteiger partial charge in [0.1, 0.15) is 5.82 Å². The van der Waals surface area contributed by atoms with Crippen LogP contribution >= 0.6 is 34.8 Å². The van der Waals surface area contributed by atoms with E-state index in [9.17, 15) is 4.79 Å². The first-order valence-electron chi connectivity index (χ1n) is 8.86. The summed E-state index contributed by atoms with van der Waals surface area (Å²) in [6, 6.07) is 10.9. The largest absolute Gasteiger partial charge is 0.342 e. The number of fused-ring (bicyclic) bond motifs is 1. The fourth-order valence-electron chi connectivity index (χ4n) is 3.62. The fourth-order valence-corrected chi connectivity index (χ4v) is 4.36. The summed E-state index contributed by atoms with van der Waals surface area (Å²) in [7, 11) is 0. The summed E-state index contributed by atoms with van der Waals surface area (Å²) in [6.45, 7) is 1.41. The van der Waals surface area contributed by atoms with Gasteiger partial charge in [0.25, 0.3) is 0 Å². The number of likely N-dealkylation sites (tertiary alicyclic amines) is 1. The van der Waals surface area contributed by atoms with Crippen LogP contribution in [0.1, 0.15) is 30.1 Å². The standard InChI is InChI=1S/C20H18Cl3N3O/c21-14-3-4-17-18(10-14)25-20(24-17)13-2-1-5-26(11-13)19(27)8-12-6-15(22)9-16(23)7-12/h3-4,6-7,9-10,13H,1-2,5,8,11H2,(H,24,25)/t13-/m1/s1. The molecule has 1 amide bonds. The molecule has 27 heavy (non-hydrogen) atoms. The first-order valence-corrected chi connectivity index (χ1v) is 9.99. The Morgan fingerprint density at radius 1 is 1.11 bits per heavy atom. The normalized spacial score (nSPS) is 17.4. The van der Waals surface area contributed by atoms with Crippen molar-refractivity contribution in [2.45, 2.75) is 25.2 Å². The molecule has 0 aliphatic carbocycles. The van der Waals surface area contributed by atoms with Crippen LogP contribution in [0.25, 0.3) is 11.0 Å². The van der Waals surface area contributed by atoms with Gasteiger partial charge in [-0.25, -0.2) is 4.98 Å². The van der Waals surface area contributed by atoms with Crippen LogP contribution in [-0.4, -0.2) is 33.9 Å². The summed E-state index contributed by atoms with van der Waals surface area (Å²) in [6.07, 6.45) is 2.24. The number of imidazole rings is 1. The van der Waals surface area contributed by atoms with Gasteiger partial charge < -0.3 is 9.88 Å². The summed E-state index contributed by atoms with van der Waals surface area (Å²) in [4.78, 5) is 22.7. The molecular formula is C20H18Cl3N3O. The third kappa shape index (κ3) is 4.23. The van der Waals surface area contributed by atoms with Crippen LogP contribution in [-0.2, 0) is 11.2 Å². The lowest BCUT2D eigenvalue weighted by Crippen LogP contribution is -2.40. The molecule has 0 spiro atoms. The maximum atomic E-state index is 12.8. The number of nitrogens with one attached hydrogen (secondary N) is 1. The zero-order chi connectivity index (χ0) is 19.0.